The molecule has 1 aliphatic rings. The molecule has 0 saturated carbocycles. The first kappa shape index (κ1) is 16.3. The number of nitrogens with zero attached hydrogens (tertiary/aromatic N) is 3. The van der Waals surface area contributed by atoms with Crippen LogP contribution in [0.4, 0.5) is 5.69 Å². The first-order chi connectivity index (χ1) is 11.5. The van der Waals surface area contributed by atoms with Crippen molar-refractivity contribution < 1.29 is 9.72 Å². The van der Waals surface area contributed by atoms with Crippen LogP contribution in [0.1, 0.15) is 30.5 Å². The van der Waals surface area contributed by atoms with Crippen LogP contribution in [-0.4, -0.2) is 21.6 Å². The van der Waals surface area contributed by atoms with Gasteiger partial charge >= 0.3 is 0 Å². The van der Waals surface area contributed by atoms with Gasteiger partial charge in [-0.1, -0.05) is 40.2 Å². The van der Waals surface area contributed by atoms with Gasteiger partial charge in [0.05, 0.1) is 16.7 Å². The number of hydrogen-bond donors (Lipinski definition) is 0. The Morgan fingerprint density at radius 1 is 1.29 bits per heavy atom. The molecule has 0 bridgehead atoms. The van der Waals surface area contributed by atoms with Crippen LogP contribution in [-0.2, 0) is 4.79 Å². The number of hydrogen-bond acceptors (Lipinski definition) is 4. The molecule has 7 heteroatoms. The molecule has 3 rings (SSSR count). The van der Waals surface area contributed by atoms with E-state index in [9.17, 15) is 14.9 Å². The molecule has 6 nitrogen and oxygen atoms in total. The summed E-state index contributed by atoms with van der Waals surface area (Å²) in [6, 6.07) is 13.8. The summed E-state index contributed by atoms with van der Waals surface area (Å²) in [6.07, 6.45) is 0.511. The van der Waals surface area contributed by atoms with E-state index < -0.39 is 4.92 Å². The molecule has 0 saturated heterocycles. The molecule has 0 aromatic heterocycles. The monoisotopic (exact) mass is 387 g/mol. The van der Waals surface area contributed by atoms with E-state index in [0.29, 0.717) is 17.7 Å². The van der Waals surface area contributed by atoms with E-state index in [4.69, 9.17) is 0 Å². The molecular formula is C17H14BrN3O3. The SMILES string of the molecule is CC(=O)N1N=C(c2cccc([N+](=O)[O-])c2)CC1c1cccc(Br)c1. The summed E-state index contributed by atoms with van der Waals surface area (Å²) in [4.78, 5) is 22.5. The van der Waals surface area contributed by atoms with Gasteiger partial charge in [0.2, 0.25) is 5.91 Å². The molecule has 1 amide bonds. The van der Waals surface area contributed by atoms with E-state index in [1.807, 2.05) is 24.3 Å². The van der Waals surface area contributed by atoms with Crippen molar-refractivity contribution in [3.8, 4) is 0 Å². The number of hydrazone groups is 1. The topological polar surface area (TPSA) is 75.8 Å². The fraction of sp³-hybridized carbons (Fsp3) is 0.176. The van der Waals surface area contributed by atoms with Gasteiger partial charge in [0.25, 0.3) is 5.69 Å². The standard InChI is InChI=1S/C17H14BrN3O3/c1-11(22)20-17(13-5-2-6-14(18)8-13)10-16(19-20)12-4-3-7-15(9-12)21(23)24/h2-9,17H,10H2,1H3. The van der Waals surface area contributed by atoms with E-state index >= 15 is 0 Å². The van der Waals surface area contributed by atoms with E-state index in [1.165, 1.54) is 24.1 Å². The Kier molecular flexibility index (Phi) is 4.44. The number of non-ortho nitro benzene ring substituents is 1. The molecule has 1 aliphatic heterocycles. The molecular weight excluding hydrogens is 374 g/mol. The lowest BCUT2D eigenvalue weighted by Gasteiger charge is -2.20. The number of carbonyl (C=O) groups excluding carboxylic acids is 1. The molecule has 0 spiro atoms. The smallest absolute Gasteiger partial charge is 0.270 e. The van der Waals surface area contributed by atoms with Gasteiger partial charge in [0.15, 0.2) is 0 Å². The van der Waals surface area contributed by atoms with Crippen LogP contribution in [0.2, 0.25) is 0 Å². The number of halogens is 1. The average molecular weight is 388 g/mol. The van der Waals surface area contributed by atoms with Crippen molar-refractivity contribution in [2.75, 3.05) is 0 Å². The van der Waals surface area contributed by atoms with Crippen LogP contribution < -0.4 is 0 Å². The number of rotatable bonds is 3. The van der Waals surface area contributed by atoms with Gasteiger partial charge in [0, 0.05) is 35.5 Å². The lowest BCUT2D eigenvalue weighted by molar-refractivity contribution is -0.384. The molecule has 0 aliphatic carbocycles. The van der Waals surface area contributed by atoms with Gasteiger partial charge in [-0.3, -0.25) is 14.9 Å². The summed E-state index contributed by atoms with van der Waals surface area (Å²) >= 11 is 3.44. The molecule has 122 valence electrons. The third-order valence-corrected chi connectivity index (χ3v) is 4.35. The van der Waals surface area contributed by atoms with Crippen molar-refractivity contribution in [2.24, 2.45) is 5.10 Å². The van der Waals surface area contributed by atoms with Crippen molar-refractivity contribution in [1.82, 2.24) is 5.01 Å². The first-order valence-electron chi connectivity index (χ1n) is 7.33. The highest BCUT2D eigenvalue weighted by Crippen LogP contribution is 2.34. The second-order valence-corrected chi connectivity index (χ2v) is 6.41. The van der Waals surface area contributed by atoms with Crippen molar-refractivity contribution in [3.63, 3.8) is 0 Å². The summed E-state index contributed by atoms with van der Waals surface area (Å²) in [5.74, 6) is -0.166. The maximum atomic E-state index is 12.0. The first-order valence-corrected chi connectivity index (χ1v) is 8.12. The number of benzene rings is 2. The molecule has 1 heterocycles. The van der Waals surface area contributed by atoms with Gasteiger partial charge in [-0.15, -0.1) is 0 Å². The van der Waals surface area contributed by atoms with E-state index in [1.54, 1.807) is 12.1 Å². The number of carbonyl (C=O) groups is 1. The molecule has 24 heavy (non-hydrogen) atoms. The minimum atomic E-state index is -0.437. The zero-order valence-corrected chi connectivity index (χ0v) is 14.4. The van der Waals surface area contributed by atoms with Crippen molar-refractivity contribution in [1.29, 1.82) is 0 Å². The molecule has 2 aromatic carbocycles. The lowest BCUT2D eigenvalue weighted by Crippen LogP contribution is -2.24. The fourth-order valence-electron chi connectivity index (χ4n) is 2.75. The van der Waals surface area contributed by atoms with Crippen molar-refractivity contribution in [3.05, 3.63) is 74.2 Å². The summed E-state index contributed by atoms with van der Waals surface area (Å²) in [5.41, 5.74) is 2.30. The molecule has 0 N–H and O–H groups in total. The maximum Gasteiger partial charge on any atom is 0.270 e. The van der Waals surface area contributed by atoms with Gasteiger partial charge in [0.1, 0.15) is 0 Å². The number of nitro benzene ring substituents is 1. The molecule has 2 aromatic rings. The zero-order valence-electron chi connectivity index (χ0n) is 12.8. The van der Waals surface area contributed by atoms with Gasteiger partial charge in [-0.2, -0.15) is 5.10 Å². The van der Waals surface area contributed by atoms with Crippen LogP contribution >= 0.6 is 15.9 Å². The van der Waals surface area contributed by atoms with Crippen molar-refractivity contribution >= 4 is 33.2 Å². The van der Waals surface area contributed by atoms with Gasteiger partial charge in [-0.25, -0.2) is 5.01 Å². The van der Waals surface area contributed by atoms with Gasteiger partial charge in [-0.05, 0) is 17.7 Å². The third-order valence-electron chi connectivity index (χ3n) is 3.86. The summed E-state index contributed by atoms with van der Waals surface area (Å²) in [6.45, 7) is 1.46. The van der Waals surface area contributed by atoms with E-state index in [2.05, 4.69) is 21.0 Å². The Balaban J connectivity index is 1.97. The van der Waals surface area contributed by atoms with E-state index in [0.717, 1.165) is 10.0 Å². The Labute approximate surface area is 147 Å². The van der Waals surface area contributed by atoms with Gasteiger partial charge < -0.3 is 0 Å². The molecule has 1 unspecified atom stereocenters. The van der Waals surface area contributed by atoms with Crippen LogP contribution in [0.25, 0.3) is 0 Å². The van der Waals surface area contributed by atoms with Crippen LogP contribution in [0, 0.1) is 10.1 Å². The predicted molar refractivity (Wildman–Crippen MR) is 93.7 cm³/mol. The largest absolute Gasteiger partial charge is 0.273 e. The Bertz CT molecular complexity index is 850. The number of nitro groups is 1. The lowest BCUT2D eigenvalue weighted by atomic mass is 9.98. The highest BCUT2D eigenvalue weighted by atomic mass is 79.9. The fourth-order valence-corrected chi connectivity index (χ4v) is 3.16. The summed E-state index contributed by atoms with van der Waals surface area (Å²) < 4.78 is 0.923. The summed E-state index contributed by atoms with van der Waals surface area (Å²) in [7, 11) is 0. The highest BCUT2D eigenvalue weighted by molar-refractivity contribution is 9.10. The maximum absolute atomic E-state index is 12.0. The second-order valence-electron chi connectivity index (χ2n) is 5.49. The Hall–Kier alpha value is -2.54. The molecule has 0 radical (unpaired) electrons. The quantitative estimate of drug-likeness (QED) is 0.588. The molecule has 0 fully saturated rings. The Morgan fingerprint density at radius 2 is 2.04 bits per heavy atom. The van der Waals surface area contributed by atoms with Crippen LogP contribution in [0.15, 0.2) is 58.1 Å². The Morgan fingerprint density at radius 3 is 2.71 bits per heavy atom. The minimum Gasteiger partial charge on any atom is -0.273 e. The average Bonchev–Trinajstić information content (AvgIpc) is 3.00. The summed E-state index contributed by atoms with van der Waals surface area (Å²) in [5, 5.41) is 16.8. The van der Waals surface area contributed by atoms with Crippen molar-refractivity contribution in [2.45, 2.75) is 19.4 Å². The second kappa shape index (κ2) is 6.52. The predicted octanol–water partition coefficient (Wildman–Crippen LogP) is 4.05. The third kappa shape index (κ3) is 3.21. The minimum absolute atomic E-state index is 0.00970. The normalized spacial score (nSPS) is 16.8. The zero-order chi connectivity index (χ0) is 17.3. The number of amides is 1. The molecule has 1 atom stereocenters. The van der Waals surface area contributed by atoms with Crippen LogP contribution in [0.3, 0.4) is 0 Å². The van der Waals surface area contributed by atoms with E-state index in [-0.39, 0.29) is 17.6 Å². The highest BCUT2D eigenvalue weighted by Gasteiger charge is 2.31. The van der Waals surface area contributed by atoms with Crippen LogP contribution in [0.5, 0.6) is 0 Å².